The number of benzene rings is 1. The minimum atomic E-state index is -0.176. The Bertz CT molecular complexity index is 556. The molecule has 2 rings (SSSR count). The van der Waals surface area contributed by atoms with Gasteiger partial charge in [-0.2, -0.15) is 0 Å². The number of hydrogen-bond donors (Lipinski definition) is 2. The number of hydrogen-bond acceptors (Lipinski definition) is 1. The van der Waals surface area contributed by atoms with Crippen LogP contribution in [-0.2, 0) is 0 Å². The van der Waals surface area contributed by atoms with E-state index in [0.29, 0.717) is 5.92 Å². The molecule has 2 aromatic rings. The predicted molar refractivity (Wildman–Crippen MR) is 71.6 cm³/mol. The molecule has 0 radical (unpaired) electrons. The van der Waals surface area contributed by atoms with Gasteiger partial charge in [-0.1, -0.05) is 19.9 Å². The fourth-order valence-corrected chi connectivity index (χ4v) is 2.15. The van der Waals surface area contributed by atoms with E-state index in [-0.39, 0.29) is 11.1 Å². The van der Waals surface area contributed by atoms with Crippen molar-refractivity contribution in [2.45, 2.75) is 32.1 Å². The first-order chi connectivity index (χ1) is 8.06. The van der Waals surface area contributed by atoms with Gasteiger partial charge in [-0.3, -0.25) is 0 Å². The van der Waals surface area contributed by atoms with Crippen molar-refractivity contribution in [2.24, 2.45) is 5.92 Å². The zero-order valence-electron chi connectivity index (χ0n) is 10.1. The maximum Gasteiger partial charge on any atom is 0.323 e. The monoisotopic (exact) mass is 252 g/mol. The van der Waals surface area contributed by atoms with Crippen molar-refractivity contribution >= 4 is 22.6 Å². The Morgan fingerprint density at radius 1 is 1.18 bits per heavy atom. The lowest BCUT2D eigenvalue weighted by Gasteiger charge is -2.11. The zero-order chi connectivity index (χ0) is 12.4. The summed E-state index contributed by atoms with van der Waals surface area (Å²) >= 11 is 6.36. The molecular formula is C13H17ClN2O. The van der Waals surface area contributed by atoms with Gasteiger partial charge in [-0.15, -0.1) is 11.6 Å². The highest BCUT2D eigenvalue weighted by Gasteiger charge is 2.10. The summed E-state index contributed by atoms with van der Waals surface area (Å²) in [5.41, 5.74) is 2.54. The van der Waals surface area contributed by atoms with E-state index in [2.05, 4.69) is 23.8 Å². The summed E-state index contributed by atoms with van der Waals surface area (Å²) in [5, 5.41) is 0.0141. The molecule has 4 heteroatoms. The second kappa shape index (κ2) is 4.96. The largest absolute Gasteiger partial charge is 0.323 e. The molecule has 0 aliphatic rings. The molecule has 17 heavy (non-hydrogen) atoms. The number of H-pyrrole nitrogens is 2. The molecule has 3 nitrogen and oxygen atoms in total. The van der Waals surface area contributed by atoms with Gasteiger partial charge >= 0.3 is 5.69 Å². The molecular weight excluding hydrogens is 236 g/mol. The summed E-state index contributed by atoms with van der Waals surface area (Å²) in [6.45, 7) is 4.38. The minimum absolute atomic E-state index is 0.0141. The Hall–Kier alpha value is -1.22. The summed E-state index contributed by atoms with van der Waals surface area (Å²) in [7, 11) is 0. The zero-order valence-corrected chi connectivity index (χ0v) is 10.8. The van der Waals surface area contributed by atoms with E-state index in [4.69, 9.17) is 11.6 Å². The van der Waals surface area contributed by atoms with Crippen LogP contribution < -0.4 is 5.69 Å². The summed E-state index contributed by atoms with van der Waals surface area (Å²) in [4.78, 5) is 16.6. The number of aromatic nitrogens is 2. The fraction of sp³-hybridized carbons (Fsp3) is 0.462. The van der Waals surface area contributed by atoms with E-state index in [1.165, 1.54) is 0 Å². The topological polar surface area (TPSA) is 48.6 Å². The molecule has 1 unspecified atom stereocenters. The Kier molecular flexibility index (Phi) is 3.57. The molecule has 0 fully saturated rings. The smallest absolute Gasteiger partial charge is 0.306 e. The van der Waals surface area contributed by atoms with Gasteiger partial charge in [0.2, 0.25) is 0 Å². The van der Waals surface area contributed by atoms with Gasteiger partial charge in [-0.25, -0.2) is 4.79 Å². The normalized spacial score (nSPS) is 13.4. The quantitative estimate of drug-likeness (QED) is 0.803. The number of rotatable bonds is 4. The van der Waals surface area contributed by atoms with Crippen LogP contribution in [0.4, 0.5) is 0 Å². The van der Waals surface area contributed by atoms with Crippen LogP contribution in [0.2, 0.25) is 0 Å². The van der Waals surface area contributed by atoms with E-state index in [1.54, 1.807) is 0 Å². The highest BCUT2D eigenvalue weighted by Crippen LogP contribution is 2.28. The van der Waals surface area contributed by atoms with Crippen molar-refractivity contribution in [1.82, 2.24) is 9.97 Å². The van der Waals surface area contributed by atoms with Crippen molar-refractivity contribution in [2.75, 3.05) is 0 Å². The molecule has 0 aliphatic carbocycles. The Morgan fingerprint density at radius 2 is 1.88 bits per heavy atom. The SMILES string of the molecule is CC(C)CCC(Cl)c1ccc2[nH]c(=O)[nH]c2c1. The number of fused-ring (bicyclic) bond motifs is 1. The van der Waals surface area contributed by atoms with Gasteiger partial charge in [0, 0.05) is 0 Å². The molecule has 92 valence electrons. The Morgan fingerprint density at radius 3 is 2.59 bits per heavy atom. The standard InChI is InChI=1S/C13H17ClN2O/c1-8(2)3-5-10(14)9-4-6-11-12(7-9)16-13(17)15-11/h4,6-8,10H,3,5H2,1-2H3,(H2,15,16,17). The lowest BCUT2D eigenvalue weighted by Crippen LogP contribution is -1.99. The third-order valence-corrected chi connectivity index (χ3v) is 3.37. The first-order valence-corrected chi connectivity index (χ1v) is 6.36. The van der Waals surface area contributed by atoms with Crippen LogP contribution in [0, 0.1) is 5.92 Å². The van der Waals surface area contributed by atoms with E-state index < -0.39 is 0 Å². The van der Waals surface area contributed by atoms with Crippen LogP contribution in [0.25, 0.3) is 11.0 Å². The molecule has 1 aromatic carbocycles. The van der Waals surface area contributed by atoms with Gasteiger partial charge in [0.05, 0.1) is 16.4 Å². The highest BCUT2D eigenvalue weighted by atomic mass is 35.5. The summed E-state index contributed by atoms with van der Waals surface area (Å²) in [6, 6.07) is 5.82. The number of nitrogens with one attached hydrogen (secondary N) is 2. The molecule has 1 atom stereocenters. The maximum absolute atomic E-state index is 11.1. The van der Waals surface area contributed by atoms with E-state index in [0.717, 1.165) is 29.4 Å². The van der Waals surface area contributed by atoms with Crippen molar-refractivity contribution in [1.29, 1.82) is 0 Å². The number of alkyl halides is 1. The van der Waals surface area contributed by atoms with Crippen LogP contribution in [0.1, 0.15) is 37.6 Å². The first kappa shape index (κ1) is 12.2. The number of halogens is 1. The number of aromatic amines is 2. The molecule has 0 amide bonds. The average Bonchev–Trinajstić information content (AvgIpc) is 2.64. The molecule has 0 saturated heterocycles. The molecule has 1 heterocycles. The second-order valence-corrected chi connectivity index (χ2v) is 5.35. The van der Waals surface area contributed by atoms with Gasteiger partial charge in [-0.05, 0) is 36.5 Å². The minimum Gasteiger partial charge on any atom is -0.306 e. The summed E-state index contributed by atoms with van der Waals surface area (Å²) < 4.78 is 0. The van der Waals surface area contributed by atoms with Gasteiger partial charge < -0.3 is 9.97 Å². The Labute approximate surface area is 105 Å². The third-order valence-electron chi connectivity index (χ3n) is 2.90. The Balaban J connectivity index is 2.20. The number of imidazole rings is 1. The van der Waals surface area contributed by atoms with Crippen molar-refractivity contribution in [3.05, 3.63) is 34.2 Å². The van der Waals surface area contributed by atoms with Crippen LogP contribution in [0.15, 0.2) is 23.0 Å². The van der Waals surface area contributed by atoms with Crippen molar-refractivity contribution < 1.29 is 0 Å². The lowest BCUT2D eigenvalue weighted by atomic mass is 10.0. The molecule has 0 aliphatic heterocycles. The molecule has 0 saturated carbocycles. The van der Waals surface area contributed by atoms with Crippen LogP contribution in [0.3, 0.4) is 0 Å². The third kappa shape index (κ3) is 2.91. The highest BCUT2D eigenvalue weighted by molar-refractivity contribution is 6.20. The maximum atomic E-state index is 11.1. The average molecular weight is 253 g/mol. The summed E-state index contributed by atoms with van der Waals surface area (Å²) in [5.74, 6) is 0.659. The van der Waals surface area contributed by atoms with Crippen LogP contribution in [0.5, 0.6) is 0 Å². The lowest BCUT2D eigenvalue weighted by molar-refractivity contribution is 0.549. The predicted octanol–water partition coefficient (Wildman–Crippen LogP) is 3.57. The van der Waals surface area contributed by atoms with Gasteiger partial charge in [0.25, 0.3) is 0 Å². The van der Waals surface area contributed by atoms with Crippen LogP contribution >= 0.6 is 11.6 Å². The molecule has 0 spiro atoms. The van der Waals surface area contributed by atoms with E-state index in [9.17, 15) is 4.79 Å². The van der Waals surface area contributed by atoms with E-state index in [1.807, 2.05) is 18.2 Å². The summed E-state index contributed by atoms with van der Waals surface area (Å²) in [6.07, 6.45) is 2.06. The fourth-order valence-electron chi connectivity index (χ4n) is 1.89. The first-order valence-electron chi connectivity index (χ1n) is 5.92. The molecule has 0 bridgehead atoms. The van der Waals surface area contributed by atoms with Gasteiger partial charge in [0.1, 0.15) is 0 Å². The molecule has 2 N–H and O–H groups in total. The van der Waals surface area contributed by atoms with Crippen LogP contribution in [-0.4, -0.2) is 9.97 Å². The molecule has 1 aromatic heterocycles. The van der Waals surface area contributed by atoms with Crippen molar-refractivity contribution in [3.63, 3.8) is 0 Å². The van der Waals surface area contributed by atoms with Crippen molar-refractivity contribution in [3.8, 4) is 0 Å². The van der Waals surface area contributed by atoms with Gasteiger partial charge in [0.15, 0.2) is 0 Å². The van der Waals surface area contributed by atoms with E-state index >= 15 is 0 Å². The second-order valence-electron chi connectivity index (χ2n) is 4.82.